The quantitative estimate of drug-likeness (QED) is 0.608. The van der Waals surface area contributed by atoms with E-state index in [1.54, 1.807) is 0 Å². The molecule has 11 heavy (non-hydrogen) atoms. The molecule has 1 aliphatic carbocycles. The minimum absolute atomic E-state index is 0.280. The summed E-state index contributed by atoms with van der Waals surface area (Å²) in [5, 5.41) is 3.55. The summed E-state index contributed by atoms with van der Waals surface area (Å²) in [5.74, 6) is 0.980. The van der Waals surface area contributed by atoms with Gasteiger partial charge in [0, 0.05) is 0 Å². The molecule has 1 atom stereocenters. The topological polar surface area (TPSA) is 38.9 Å². The van der Waals surface area contributed by atoms with E-state index in [0.717, 1.165) is 6.42 Å². The Morgan fingerprint density at radius 1 is 1.45 bits per heavy atom. The second-order valence-electron chi connectivity index (χ2n) is 2.43. The molecule has 1 aromatic heterocycles. The van der Waals surface area contributed by atoms with Crippen LogP contribution in [0.2, 0.25) is 0 Å². The fourth-order valence-electron chi connectivity index (χ4n) is 1.11. The van der Waals surface area contributed by atoms with E-state index in [9.17, 15) is 0 Å². The van der Waals surface area contributed by atoms with Gasteiger partial charge in [0.2, 0.25) is 5.89 Å². The van der Waals surface area contributed by atoms with Gasteiger partial charge in [-0.05, 0) is 6.42 Å². The first-order valence-electron chi connectivity index (χ1n) is 3.57. The van der Waals surface area contributed by atoms with Gasteiger partial charge >= 0.3 is 0 Å². The van der Waals surface area contributed by atoms with Gasteiger partial charge in [0.25, 0.3) is 0 Å². The van der Waals surface area contributed by atoms with Crippen LogP contribution >= 0.6 is 0 Å². The molecular weight excluding hydrogens is 140 g/mol. The van der Waals surface area contributed by atoms with Crippen LogP contribution in [0, 0.1) is 0 Å². The minimum atomic E-state index is 0.280. The number of hydrogen-bond acceptors (Lipinski definition) is 3. The molecule has 0 bridgehead atoms. The molecule has 1 aliphatic rings. The van der Waals surface area contributed by atoms with Crippen LogP contribution in [0.4, 0.5) is 0 Å². The van der Waals surface area contributed by atoms with Crippen LogP contribution < -0.4 is 0 Å². The molecule has 3 heteroatoms. The Kier molecular flexibility index (Phi) is 1.55. The molecule has 1 heterocycles. The maximum Gasteiger partial charge on any atom is 0.233 e. The van der Waals surface area contributed by atoms with Crippen molar-refractivity contribution in [2.24, 2.45) is 0 Å². The molecule has 0 saturated heterocycles. The third-order valence-corrected chi connectivity index (χ3v) is 1.68. The lowest BCUT2D eigenvalue weighted by atomic mass is 10.0. The Morgan fingerprint density at radius 3 is 3.09 bits per heavy atom. The highest BCUT2D eigenvalue weighted by Gasteiger charge is 2.12. The van der Waals surface area contributed by atoms with Crippen molar-refractivity contribution in [3.05, 3.63) is 36.5 Å². The van der Waals surface area contributed by atoms with Crippen LogP contribution in [0.3, 0.4) is 0 Å². The Hall–Kier alpha value is -1.38. The van der Waals surface area contributed by atoms with E-state index in [4.69, 9.17) is 4.52 Å². The van der Waals surface area contributed by atoms with Crippen molar-refractivity contribution >= 4 is 0 Å². The summed E-state index contributed by atoms with van der Waals surface area (Å²) in [4.78, 5) is 3.98. The van der Waals surface area contributed by atoms with Gasteiger partial charge in [-0.2, -0.15) is 4.98 Å². The lowest BCUT2D eigenvalue weighted by Gasteiger charge is -2.05. The smallest absolute Gasteiger partial charge is 0.233 e. The van der Waals surface area contributed by atoms with Gasteiger partial charge in [0.1, 0.15) is 0 Å². The molecule has 0 spiro atoms. The Bertz CT molecular complexity index is 274. The van der Waals surface area contributed by atoms with Crippen LogP contribution in [-0.2, 0) is 0 Å². The SMILES string of the molecule is C1=CCC(c2ncno2)C=C1. The predicted octanol–water partition coefficient (Wildman–Crippen LogP) is 1.67. The molecule has 0 aromatic carbocycles. The predicted molar refractivity (Wildman–Crippen MR) is 39.9 cm³/mol. The molecule has 0 N–H and O–H groups in total. The highest BCUT2D eigenvalue weighted by atomic mass is 16.5. The fourth-order valence-corrected chi connectivity index (χ4v) is 1.11. The average molecular weight is 148 g/mol. The third-order valence-electron chi connectivity index (χ3n) is 1.68. The molecule has 1 unspecified atom stereocenters. The van der Waals surface area contributed by atoms with Crippen molar-refractivity contribution in [1.29, 1.82) is 0 Å². The van der Waals surface area contributed by atoms with Gasteiger partial charge in [-0.3, -0.25) is 0 Å². The van der Waals surface area contributed by atoms with Crippen molar-refractivity contribution in [1.82, 2.24) is 10.1 Å². The monoisotopic (exact) mass is 148 g/mol. The molecule has 56 valence electrons. The van der Waals surface area contributed by atoms with E-state index in [0.29, 0.717) is 5.89 Å². The number of rotatable bonds is 1. The zero-order chi connectivity index (χ0) is 7.52. The van der Waals surface area contributed by atoms with Crippen LogP contribution in [0.15, 0.2) is 35.2 Å². The lowest BCUT2D eigenvalue weighted by molar-refractivity contribution is 0.366. The summed E-state index contributed by atoms with van der Waals surface area (Å²) in [5.41, 5.74) is 0. The molecule has 0 fully saturated rings. The maximum atomic E-state index is 4.93. The summed E-state index contributed by atoms with van der Waals surface area (Å²) in [6.45, 7) is 0. The summed E-state index contributed by atoms with van der Waals surface area (Å²) < 4.78 is 4.93. The normalized spacial score (nSPS) is 22.4. The van der Waals surface area contributed by atoms with E-state index >= 15 is 0 Å². The van der Waals surface area contributed by atoms with E-state index < -0.39 is 0 Å². The van der Waals surface area contributed by atoms with Crippen LogP contribution in [0.25, 0.3) is 0 Å². The molecule has 0 saturated carbocycles. The Labute approximate surface area is 64.4 Å². The zero-order valence-corrected chi connectivity index (χ0v) is 5.97. The second-order valence-corrected chi connectivity index (χ2v) is 2.43. The minimum Gasteiger partial charge on any atom is -0.339 e. The number of allylic oxidation sites excluding steroid dienone is 4. The largest absolute Gasteiger partial charge is 0.339 e. The summed E-state index contributed by atoms with van der Waals surface area (Å²) in [6, 6.07) is 0. The van der Waals surface area contributed by atoms with Crippen LogP contribution in [-0.4, -0.2) is 10.1 Å². The number of aromatic nitrogens is 2. The Balaban J connectivity index is 2.19. The zero-order valence-electron chi connectivity index (χ0n) is 5.97. The highest BCUT2D eigenvalue weighted by Crippen LogP contribution is 2.21. The third kappa shape index (κ3) is 1.22. The molecule has 0 aliphatic heterocycles. The standard InChI is InChI=1S/C8H8N2O/c1-2-4-7(5-3-1)8-9-6-10-11-8/h1-4,6-7H,5H2. The molecular formula is C8H8N2O. The summed E-state index contributed by atoms with van der Waals surface area (Å²) in [6.07, 6.45) is 10.6. The molecule has 0 amide bonds. The first-order chi connectivity index (χ1) is 5.47. The van der Waals surface area contributed by atoms with Crippen LogP contribution in [0.5, 0.6) is 0 Å². The first kappa shape index (κ1) is 6.34. The molecule has 3 nitrogen and oxygen atoms in total. The van der Waals surface area contributed by atoms with Crippen molar-refractivity contribution in [3.63, 3.8) is 0 Å². The summed E-state index contributed by atoms with van der Waals surface area (Å²) >= 11 is 0. The average Bonchev–Trinajstić information content (AvgIpc) is 2.58. The van der Waals surface area contributed by atoms with Crippen molar-refractivity contribution in [2.75, 3.05) is 0 Å². The number of nitrogens with zero attached hydrogens (tertiary/aromatic N) is 2. The fraction of sp³-hybridized carbons (Fsp3) is 0.250. The van der Waals surface area contributed by atoms with Gasteiger partial charge < -0.3 is 4.52 Å². The van der Waals surface area contributed by atoms with Crippen LogP contribution in [0.1, 0.15) is 18.2 Å². The van der Waals surface area contributed by atoms with Gasteiger partial charge in [-0.25, -0.2) is 0 Å². The van der Waals surface area contributed by atoms with E-state index in [1.165, 1.54) is 6.33 Å². The van der Waals surface area contributed by atoms with E-state index in [1.807, 2.05) is 12.2 Å². The van der Waals surface area contributed by atoms with Gasteiger partial charge in [0.05, 0.1) is 5.92 Å². The van der Waals surface area contributed by atoms with Crippen molar-refractivity contribution in [3.8, 4) is 0 Å². The highest BCUT2D eigenvalue weighted by molar-refractivity contribution is 5.17. The van der Waals surface area contributed by atoms with Gasteiger partial charge in [-0.1, -0.05) is 29.5 Å². The second kappa shape index (κ2) is 2.70. The first-order valence-corrected chi connectivity index (χ1v) is 3.57. The Morgan fingerprint density at radius 2 is 2.45 bits per heavy atom. The molecule has 2 rings (SSSR count). The molecule has 1 aromatic rings. The van der Waals surface area contributed by atoms with Gasteiger partial charge in [-0.15, -0.1) is 0 Å². The van der Waals surface area contributed by atoms with Crippen molar-refractivity contribution < 1.29 is 4.52 Å². The number of hydrogen-bond donors (Lipinski definition) is 0. The van der Waals surface area contributed by atoms with E-state index in [2.05, 4.69) is 22.3 Å². The van der Waals surface area contributed by atoms with Gasteiger partial charge in [0.15, 0.2) is 6.33 Å². The maximum absolute atomic E-state index is 4.93. The van der Waals surface area contributed by atoms with E-state index in [-0.39, 0.29) is 5.92 Å². The van der Waals surface area contributed by atoms with Crippen molar-refractivity contribution in [2.45, 2.75) is 12.3 Å². The molecule has 0 radical (unpaired) electrons. The lowest BCUT2D eigenvalue weighted by Crippen LogP contribution is -1.95. The summed E-state index contributed by atoms with van der Waals surface area (Å²) in [7, 11) is 0.